The summed E-state index contributed by atoms with van der Waals surface area (Å²) in [6, 6.07) is 5.64. The summed E-state index contributed by atoms with van der Waals surface area (Å²) < 4.78 is 0. The number of thioether (sulfide) groups is 1. The Balaban J connectivity index is 1.97. The molecule has 2 nitrogen and oxygen atoms in total. The van der Waals surface area contributed by atoms with E-state index >= 15 is 0 Å². The summed E-state index contributed by atoms with van der Waals surface area (Å²) in [5, 5.41) is 4.42. The van der Waals surface area contributed by atoms with Crippen LogP contribution in [-0.2, 0) is 4.79 Å². The molecule has 1 amide bonds. The quantitative estimate of drug-likeness (QED) is 0.781. The van der Waals surface area contributed by atoms with Gasteiger partial charge in [-0.25, -0.2) is 0 Å². The van der Waals surface area contributed by atoms with E-state index in [1.807, 2.05) is 36.9 Å². The number of carbonyl (C=O) groups is 1. The second-order valence-electron chi connectivity index (χ2n) is 5.69. The Labute approximate surface area is 137 Å². The summed E-state index contributed by atoms with van der Waals surface area (Å²) in [6.07, 6.45) is 7.34. The van der Waals surface area contributed by atoms with Crippen LogP contribution >= 0.6 is 23.4 Å². The molecule has 1 aliphatic carbocycles. The zero-order valence-corrected chi connectivity index (χ0v) is 14.4. The van der Waals surface area contributed by atoms with Gasteiger partial charge in [-0.3, -0.25) is 4.79 Å². The largest absolute Gasteiger partial charge is 0.325 e. The van der Waals surface area contributed by atoms with Crippen LogP contribution in [-0.4, -0.2) is 16.4 Å². The third-order valence-corrected chi connectivity index (χ3v) is 6.24. The van der Waals surface area contributed by atoms with Gasteiger partial charge in [0, 0.05) is 16.0 Å². The number of anilines is 1. The highest BCUT2D eigenvalue weighted by Crippen LogP contribution is 2.33. The van der Waals surface area contributed by atoms with E-state index in [2.05, 4.69) is 12.2 Å². The van der Waals surface area contributed by atoms with Crippen molar-refractivity contribution in [1.29, 1.82) is 0 Å². The molecule has 0 bridgehead atoms. The predicted molar refractivity (Wildman–Crippen MR) is 93.4 cm³/mol. The molecular weight excluding hydrogens is 302 g/mol. The van der Waals surface area contributed by atoms with Crippen LogP contribution in [0.5, 0.6) is 0 Å². The molecule has 2 rings (SSSR count). The molecule has 1 N–H and O–H groups in total. The molecule has 1 aliphatic rings. The number of nitrogens with one attached hydrogen (secondary N) is 1. The van der Waals surface area contributed by atoms with Crippen LogP contribution in [0.25, 0.3) is 0 Å². The molecule has 21 heavy (non-hydrogen) atoms. The number of halogens is 1. The summed E-state index contributed by atoms with van der Waals surface area (Å²) in [4.78, 5) is 12.5. The van der Waals surface area contributed by atoms with Crippen molar-refractivity contribution in [3.05, 3.63) is 28.8 Å². The maximum Gasteiger partial charge on any atom is 0.237 e. The number of carbonyl (C=O) groups excluding carboxylic acids is 1. The first kappa shape index (κ1) is 16.7. The molecule has 1 saturated carbocycles. The van der Waals surface area contributed by atoms with Crippen molar-refractivity contribution in [1.82, 2.24) is 0 Å². The highest BCUT2D eigenvalue weighted by atomic mass is 35.5. The van der Waals surface area contributed by atoms with Gasteiger partial charge < -0.3 is 5.32 Å². The van der Waals surface area contributed by atoms with Crippen LogP contribution in [0, 0.1) is 6.92 Å². The third-order valence-electron chi connectivity index (χ3n) is 4.10. The predicted octanol–water partition coefficient (Wildman–Crippen LogP) is 5.43. The molecule has 4 heteroatoms. The van der Waals surface area contributed by atoms with Crippen LogP contribution in [0.3, 0.4) is 0 Å². The summed E-state index contributed by atoms with van der Waals surface area (Å²) in [5.74, 6) is 0.110. The normalized spacial score (nSPS) is 17.5. The van der Waals surface area contributed by atoms with Crippen molar-refractivity contribution in [2.24, 2.45) is 0 Å². The van der Waals surface area contributed by atoms with Crippen LogP contribution < -0.4 is 5.32 Å². The summed E-state index contributed by atoms with van der Waals surface area (Å²) in [6.45, 7) is 4.03. The summed E-state index contributed by atoms with van der Waals surface area (Å²) in [5.41, 5.74) is 1.76. The zero-order valence-electron chi connectivity index (χ0n) is 12.8. The minimum atomic E-state index is 0.0338. The molecule has 1 unspecified atom stereocenters. The van der Waals surface area contributed by atoms with Gasteiger partial charge in [0.1, 0.15) is 0 Å². The van der Waals surface area contributed by atoms with Gasteiger partial charge in [0.25, 0.3) is 0 Å². The molecule has 0 spiro atoms. The topological polar surface area (TPSA) is 29.1 Å². The van der Waals surface area contributed by atoms with E-state index in [4.69, 9.17) is 11.6 Å². The Morgan fingerprint density at radius 3 is 2.76 bits per heavy atom. The Morgan fingerprint density at radius 1 is 1.38 bits per heavy atom. The molecule has 0 radical (unpaired) electrons. The average molecular weight is 326 g/mol. The Kier molecular flexibility index (Phi) is 6.43. The Bertz CT molecular complexity index is 486. The standard InChI is InChI=1S/C17H24ClNOS/c1-3-16(21-13-8-5-4-6-9-13)17(20)19-15-11-7-10-14(18)12(15)2/h7,10-11,13,16H,3-6,8-9H2,1-2H3,(H,19,20). The molecule has 0 saturated heterocycles. The molecular formula is C17H24ClNOS. The summed E-state index contributed by atoms with van der Waals surface area (Å²) in [7, 11) is 0. The molecule has 1 aromatic rings. The number of benzene rings is 1. The highest BCUT2D eigenvalue weighted by molar-refractivity contribution is 8.01. The minimum Gasteiger partial charge on any atom is -0.325 e. The first-order chi connectivity index (χ1) is 10.1. The molecule has 0 aromatic heterocycles. The Morgan fingerprint density at radius 2 is 2.10 bits per heavy atom. The van der Waals surface area contributed by atoms with Crippen LogP contribution in [0.4, 0.5) is 5.69 Å². The Hall–Kier alpha value is -0.670. The van der Waals surface area contributed by atoms with E-state index in [0.717, 1.165) is 17.7 Å². The highest BCUT2D eigenvalue weighted by Gasteiger charge is 2.24. The molecule has 0 heterocycles. The number of amides is 1. The first-order valence-electron chi connectivity index (χ1n) is 7.83. The van der Waals surface area contributed by atoms with E-state index in [-0.39, 0.29) is 11.2 Å². The van der Waals surface area contributed by atoms with E-state index in [1.165, 1.54) is 32.1 Å². The molecule has 1 aromatic carbocycles. The van der Waals surface area contributed by atoms with Gasteiger partial charge in [0.15, 0.2) is 0 Å². The fourth-order valence-electron chi connectivity index (χ4n) is 2.73. The van der Waals surface area contributed by atoms with Gasteiger partial charge in [0.2, 0.25) is 5.91 Å². The van der Waals surface area contributed by atoms with Gasteiger partial charge in [-0.15, -0.1) is 11.8 Å². The van der Waals surface area contributed by atoms with E-state index in [1.54, 1.807) is 0 Å². The molecule has 116 valence electrons. The number of hydrogen-bond donors (Lipinski definition) is 1. The lowest BCUT2D eigenvalue weighted by atomic mass is 10.0. The van der Waals surface area contributed by atoms with Gasteiger partial charge in [-0.05, 0) is 43.9 Å². The lowest BCUT2D eigenvalue weighted by molar-refractivity contribution is -0.115. The van der Waals surface area contributed by atoms with Crippen molar-refractivity contribution in [3.8, 4) is 0 Å². The van der Waals surface area contributed by atoms with Crippen molar-refractivity contribution in [2.45, 2.75) is 62.9 Å². The van der Waals surface area contributed by atoms with Crippen molar-refractivity contribution < 1.29 is 4.79 Å². The first-order valence-corrected chi connectivity index (χ1v) is 9.15. The monoisotopic (exact) mass is 325 g/mol. The molecule has 1 atom stereocenters. The second kappa shape index (κ2) is 8.09. The third kappa shape index (κ3) is 4.65. The SMILES string of the molecule is CCC(SC1CCCCC1)C(=O)Nc1cccc(Cl)c1C. The fraction of sp³-hybridized carbons (Fsp3) is 0.588. The second-order valence-corrected chi connectivity index (χ2v) is 7.61. The van der Waals surface area contributed by atoms with E-state index in [0.29, 0.717) is 10.3 Å². The minimum absolute atomic E-state index is 0.0338. The fourth-order valence-corrected chi connectivity index (χ4v) is 4.35. The van der Waals surface area contributed by atoms with Crippen LogP contribution in [0.15, 0.2) is 18.2 Å². The van der Waals surface area contributed by atoms with Crippen LogP contribution in [0.1, 0.15) is 51.0 Å². The average Bonchev–Trinajstić information content (AvgIpc) is 2.50. The van der Waals surface area contributed by atoms with Gasteiger partial charge in [-0.2, -0.15) is 0 Å². The van der Waals surface area contributed by atoms with Crippen molar-refractivity contribution in [2.75, 3.05) is 5.32 Å². The molecule has 0 aliphatic heterocycles. The van der Waals surface area contributed by atoms with Crippen molar-refractivity contribution >= 4 is 35.0 Å². The maximum absolute atomic E-state index is 12.5. The maximum atomic E-state index is 12.5. The lowest BCUT2D eigenvalue weighted by Crippen LogP contribution is -2.27. The lowest BCUT2D eigenvalue weighted by Gasteiger charge is -2.25. The smallest absolute Gasteiger partial charge is 0.237 e. The van der Waals surface area contributed by atoms with Gasteiger partial charge >= 0.3 is 0 Å². The van der Waals surface area contributed by atoms with Gasteiger partial charge in [0.05, 0.1) is 5.25 Å². The van der Waals surface area contributed by atoms with Crippen LogP contribution in [0.2, 0.25) is 5.02 Å². The van der Waals surface area contributed by atoms with E-state index in [9.17, 15) is 4.79 Å². The van der Waals surface area contributed by atoms with E-state index < -0.39 is 0 Å². The number of hydrogen-bond acceptors (Lipinski definition) is 2. The summed E-state index contributed by atoms with van der Waals surface area (Å²) >= 11 is 7.97. The zero-order chi connectivity index (χ0) is 15.2. The van der Waals surface area contributed by atoms with Crippen molar-refractivity contribution in [3.63, 3.8) is 0 Å². The number of rotatable bonds is 5. The van der Waals surface area contributed by atoms with Gasteiger partial charge in [-0.1, -0.05) is 43.9 Å². The molecule has 1 fully saturated rings.